The molecule has 0 fully saturated rings. The standard InChI is InChI=1S/C66H46N2Si/c1-6-19-47(20-7-1)49-21-18-22-50(43-49)48-33-37-54(38-34-48)68-65-42-36-52(51-35-41-64-61(44-51)59-31-16-17-32-63(59)67(64)53-23-8-2-9-24-53)45-62(65)60-40-39-58(46-66(60)68)69(55-25-10-3-11-26-55,56-27-12-4-13-28-56)57-29-14-5-15-30-57/h1-46H. The maximum absolute atomic E-state index is 2.83. The van der Waals surface area contributed by atoms with E-state index in [1.165, 1.54) is 97.7 Å². The van der Waals surface area contributed by atoms with Crippen molar-refractivity contribution in [3.05, 3.63) is 279 Å². The number of benzene rings is 11. The Morgan fingerprint density at radius 3 is 1.16 bits per heavy atom. The first-order valence-electron chi connectivity index (χ1n) is 23.8. The van der Waals surface area contributed by atoms with Gasteiger partial charge in [-0.05, 0) is 121 Å². The van der Waals surface area contributed by atoms with E-state index in [4.69, 9.17) is 0 Å². The smallest absolute Gasteiger partial charge is 0.179 e. The van der Waals surface area contributed by atoms with Crippen LogP contribution in [0.4, 0.5) is 0 Å². The minimum atomic E-state index is -2.83. The first kappa shape index (κ1) is 40.5. The topological polar surface area (TPSA) is 9.86 Å². The highest BCUT2D eigenvalue weighted by atomic mass is 28.3. The second-order valence-corrected chi connectivity index (χ2v) is 21.9. The fourth-order valence-corrected chi connectivity index (χ4v) is 15.9. The van der Waals surface area contributed by atoms with Crippen molar-refractivity contribution in [2.24, 2.45) is 0 Å². The van der Waals surface area contributed by atoms with E-state index < -0.39 is 8.07 Å². The van der Waals surface area contributed by atoms with E-state index in [1.807, 2.05) is 0 Å². The molecule has 0 aliphatic carbocycles. The van der Waals surface area contributed by atoms with Gasteiger partial charge in [-0.15, -0.1) is 0 Å². The molecule has 2 nitrogen and oxygen atoms in total. The van der Waals surface area contributed by atoms with Gasteiger partial charge in [0.25, 0.3) is 0 Å². The van der Waals surface area contributed by atoms with Crippen LogP contribution in [0.2, 0.25) is 0 Å². The van der Waals surface area contributed by atoms with Crippen molar-refractivity contribution in [2.45, 2.75) is 0 Å². The van der Waals surface area contributed by atoms with Crippen LogP contribution in [0.3, 0.4) is 0 Å². The van der Waals surface area contributed by atoms with Crippen molar-refractivity contribution in [2.75, 3.05) is 0 Å². The summed E-state index contributed by atoms with van der Waals surface area (Å²) in [5, 5.41) is 10.4. The normalized spacial score (nSPS) is 11.8. The third kappa shape index (κ3) is 6.78. The van der Waals surface area contributed by atoms with Crippen LogP contribution in [-0.2, 0) is 0 Å². The molecule has 3 heteroatoms. The molecule has 13 rings (SSSR count). The molecule has 11 aromatic carbocycles. The van der Waals surface area contributed by atoms with E-state index in [9.17, 15) is 0 Å². The SMILES string of the molecule is c1ccc(-c2cccc(-c3ccc(-n4c5ccc(-c6ccc7c(c6)c6ccccc6n7-c6ccccc6)cc5c5ccc([Si](c6ccccc6)(c6ccccc6)c6ccccc6)cc54)cc3)c2)cc1. The van der Waals surface area contributed by atoms with Gasteiger partial charge in [0.2, 0.25) is 0 Å². The summed E-state index contributed by atoms with van der Waals surface area (Å²) in [6, 6.07) is 103. The van der Waals surface area contributed by atoms with Gasteiger partial charge in [-0.1, -0.05) is 212 Å². The Morgan fingerprint density at radius 1 is 0.203 bits per heavy atom. The van der Waals surface area contributed by atoms with Crippen LogP contribution in [-0.4, -0.2) is 17.2 Å². The van der Waals surface area contributed by atoms with Gasteiger partial charge in [-0.3, -0.25) is 0 Å². The maximum Gasteiger partial charge on any atom is 0.179 e. The van der Waals surface area contributed by atoms with Crippen molar-refractivity contribution in [1.82, 2.24) is 9.13 Å². The van der Waals surface area contributed by atoms with E-state index in [2.05, 4.69) is 288 Å². The second kappa shape index (κ2) is 16.8. The molecule has 0 spiro atoms. The molecular formula is C66H46N2Si. The number of rotatable bonds is 9. The number of hydrogen-bond acceptors (Lipinski definition) is 0. The molecule has 0 radical (unpaired) electrons. The van der Waals surface area contributed by atoms with Crippen molar-refractivity contribution in [3.63, 3.8) is 0 Å². The Bertz CT molecular complexity index is 3870. The number of para-hydroxylation sites is 2. The van der Waals surface area contributed by atoms with Gasteiger partial charge in [0, 0.05) is 32.9 Å². The predicted molar refractivity (Wildman–Crippen MR) is 295 cm³/mol. The fraction of sp³-hybridized carbons (Fsp3) is 0. The van der Waals surface area contributed by atoms with E-state index in [1.54, 1.807) is 0 Å². The second-order valence-electron chi connectivity index (χ2n) is 18.1. The number of nitrogens with zero attached hydrogens (tertiary/aromatic N) is 2. The van der Waals surface area contributed by atoms with Gasteiger partial charge in [-0.25, -0.2) is 0 Å². The van der Waals surface area contributed by atoms with Crippen LogP contribution in [0.5, 0.6) is 0 Å². The van der Waals surface area contributed by atoms with Crippen molar-refractivity contribution < 1.29 is 0 Å². The lowest BCUT2D eigenvalue weighted by Gasteiger charge is -2.34. The van der Waals surface area contributed by atoms with Crippen LogP contribution < -0.4 is 20.7 Å². The first-order chi connectivity index (χ1) is 34.2. The molecule has 0 atom stereocenters. The molecule has 0 aliphatic rings. The van der Waals surface area contributed by atoms with Gasteiger partial charge < -0.3 is 9.13 Å². The highest BCUT2D eigenvalue weighted by Gasteiger charge is 2.41. The van der Waals surface area contributed by atoms with Crippen LogP contribution in [0, 0.1) is 0 Å². The summed E-state index contributed by atoms with van der Waals surface area (Å²) in [7, 11) is -2.83. The van der Waals surface area contributed by atoms with Crippen LogP contribution in [0.15, 0.2) is 279 Å². The zero-order valence-corrected chi connectivity index (χ0v) is 39.0. The summed E-state index contributed by atoms with van der Waals surface area (Å²) in [5.41, 5.74) is 14.3. The third-order valence-electron chi connectivity index (χ3n) is 14.3. The van der Waals surface area contributed by atoms with E-state index in [0.29, 0.717) is 0 Å². The lowest BCUT2D eigenvalue weighted by Crippen LogP contribution is -2.74. The van der Waals surface area contributed by atoms with Gasteiger partial charge in [0.05, 0.1) is 22.1 Å². The molecule has 0 aliphatic heterocycles. The Morgan fingerprint density at radius 2 is 0.594 bits per heavy atom. The fourth-order valence-electron chi connectivity index (χ4n) is 11.1. The summed E-state index contributed by atoms with van der Waals surface area (Å²) in [4.78, 5) is 0. The molecule has 69 heavy (non-hydrogen) atoms. The largest absolute Gasteiger partial charge is 0.309 e. The van der Waals surface area contributed by atoms with Gasteiger partial charge in [0.1, 0.15) is 0 Å². The zero-order valence-electron chi connectivity index (χ0n) is 38.0. The van der Waals surface area contributed by atoms with Crippen molar-refractivity contribution in [1.29, 1.82) is 0 Å². The highest BCUT2D eigenvalue weighted by Crippen LogP contribution is 2.39. The summed E-state index contributed by atoms with van der Waals surface area (Å²) >= 11 is 0. The average molecular weight is 895 g/mol. The Labute approximate surface area is 403 Å². The minimum absolute atomic E-state index is 1.13. The lowest BCUT2D eigenvalue weighted by atomic mass is 9.99. The lowest BCUT2D eigenvalue weighted by molar-refractivity contribution is 1.18. The Kier molecular flexibility index (Phi) is 9.88. The minimum Gasteiger partial charge on any atom is -0.309 e. The van der Waals surface area contributed by atoms with E-state index in [-0.39, 0.29) is 0 Å². The van der Waals surface area contributed by atoms with Crippen molar-refractivity contribution >= 4 is 72.4 Å². The first-order valence-corrected chi connectivity index (χ1v) is 25.8. The molecule has 0 saturated heterocycles. The summed E-state index contributed by atoms with van der Waals surface area (Å²) in [6.07, 6.45) is 0. The highest BCUT2D eigenvalue weighted by molar-refractivity contribution is 7.20. The van der Waals surface area contributed by atoms with Gasteiger partial charge >= 0.3 is 0 Å². The monoisotopic (exact) mass is 894 g/mol. The molecule has 2 aromatic heterocycles. The predicted octanol–water partition coefficient (Wildman–Crippen LogP) is 14.3. The zero-order chi connectivity index (χ0) is 45.7. The average Bonchev–Trinajstić information content (AvgIpc) is 3.94. The maximum atomic E-state index is 2.52. The van der Waals surface area contributed by atoms with Gasteiger partial charge in [-0.2, -0.15) is 0 Å². The molecule has 324 valence electrons. The molecule has 2 heterocycles. The van der Waals surface area contributed by atoms with Crippen LogP contribution in [0.25, 0.3) is 88.4 Å². The van der Waals surface area contributed by atoms with Crippen LogP contribution >= 0.6 is 0 Å². The van der Waals surface area contributed by atoms with E-state index in [0.717, 1.165) is 11.4 Å². The molecule has 0 amide bonds. The molecule has 13 aromatic rings. The van der Waals surface area contributed by atoms with E-state index >= 15 is 0 Å². The molecule has 0 bridgehead atoms. The summed E-state index contributed by atoms with van der Waals surface area (Å²) < 4.78 is 4.89. The molecular weight excluding hydrogens is 849 g/mol. The van der Waals surface area contributed by atoms with Crippen LogP contribution in [0.1, 0.15) is 0 Å². The number of fused-ring (bicyclic) bond motifs is 6. The number of hydrogen-bond donors (Lipinski definition) is 0. The third-order valence-corrected chi connectivity index (χ3v) is 19.0. The summed E-state index contributed by atoms with van der Waals surface area (Å²) in [5.74, 6) is 0. The summed E-state index contributed by atoms with van der Waals surface area (Å²) in [6.45, 7) is 0. The Balaban J connectivity index is 1.03. The van der Waals surface area contributed by atoms with Gasteiger partial charge in [0.15, 0.2) is 8.07 Å². The number of aromatic nitrogens is 2. The molecule has 0 saturated carbocycles. The Hall–Kier alpha value is -8.76. The van der Waals surface area contributed by atoms with Crippen molar-refractivity contribution in [3.8, 4) is 44.8 Å². The molecule has 0 N–H and O–H groups in total. The molecule has 0 unspecified atom stereocenters. The quantitative estimate of drug-likeness (QED) is 0.101.